The predicted octanol–water partition coefficient (Wildman–Crippen LogP) is 2.53. The van der Waals surface area contributed by atoms with Gasteiger partial charge in [0.05, 0.1) is 11.8 Å². The van der Waals surface area contributed by atoms with Crippen molar-refractivity contribution in [1.82, 2.24) is 15.0 Å². The summed E-state index contributed by atoms with van der Waals surface area (Å²) < 4.78 is 5.26. The zero-order valence-electron chi connectivity index (χ0n) is 8.19. The van der Waals surface area contributed by atoms with Gasteiger partial charge in [0, 0.05) is 5.69 Å². The maximum absolute atomic E-state index is 5.26. The summed E-state index contributed by atoms with van der Waals surface area (Å²) in [7, 11) is 0. The summed E-state index contributed by atoms with van der Waals surface area (Å²) in [5.74, 6) is 1.44. The van der Waals surface area contributed by atoms with E-state index in [-0.39, 0.29) is 0 Å². The molecule has 74 valence electrons. The monoisotopic (exact) mass is 199 g/mol. The van der Waals surface area contributed by atoms with Gasteiger partial charge in [0.1, 0.15) is 0 Å². The van der Waals surface area contributed by atoms with Crippen LogP contribution in [0.5, 0.6) is 0 Å². The van der Waals surface area contributed by atoms with Gasteiger partial charge < -0.3 is 9.40 Å². The van der Waals surface area contributed by atoms with E-state index in [1.165, 1.54) is 0 Å². The highest BCUT2D eigenvalue weighted by atomic mass is 16.3. The summed E-state index contributed by atoms with van der Waals surface area (Å²) in [5, 5.41) is 0. The van der Waals surface area contributed by atoms with Crippen molar-refractivity contribution in [2.75, 3.05) is 0 Å². The van der Waals surface area contributed by atoms with Gasteiger partial charge in [-0.3, -0.25) is 0 Å². The maximum atomic E-state index is 5.26. The van der Waals surface area contributed by atoms with E-state index in [0.29, 0.717) is 5.82 Å². The number of aromatic nitrogens is 3. The molecule has 0 aromatic carbocycles. The number of hydrogen-bond donors (Lipinski definition) is 1. The van der Waals surface area contributed by atoms with Crippen LogP contribution in [0.2, 0.25) is 0 Å². The molecule has 3 heterocycles. The van der Waals surface area contributed by atoms with Crippen LogP contribution in [-0.2, 0) is 0 Å². The van der Waals surface area contributed by atoms with Gasteiger partial charge in [0.15, 0.2) is 17.2 Å². The van der Waals surface area contributed by atoms with Crippen LogP contribution in [0.1, 0.15) is 5.69 Å². The molecule has 15 heavy (non-hydrogen) atoms. The first-order valence-corrected chi connectivity index (χ1v) is 4.70. The molecule has 4 nitrogen and oxygen atoms in total. The Morgan fingerprint density at radius 1 is 1.20 bits per heavy atom. The number of hydrogen-bond acceptors (Lipinski definition) is 3. The Kier molecular flexibility index (Phi) is 1.62. The first-order chi connectivity index (χ1) is 7.33. The van der Waals surface area contributed by atoms with Gasteiger partial charge in [-0.2, -0.15) is 0 Å². The Bertz CT molecular complexity index is 595. The van der Waals surface area contributed by atoms with E-state index in [1.807, 2.05) is 31.2 Å². The molecular weight excluding hydrogens is 190 g/mol. The van der Waals surface area contributed by atoms with Gasteiger partial charge in [-0.25, -0.2) is 9.97 Å². The molecule has 0 saturated carbocycles. The zero-order valence-corrected chi connectivity index (χ0v) is 8.19. The van der Waals surface area contributed by atoms with Crippen molar-refractivity contribution in [3.63, 3.8) is 0 Å². The number of nitrogens with one attached hydrogen (secondary N) is 1. The number of pyridine rings is 1. The molecule has 3 rings (SSSR count). The third kappa shape index (κ3) is 1.30. The second-order valence-corrected chi connectivity index (χ2v) is 3.39. The molecule has 0 spiro atoms. The minimum Gasteiger partial charge on any atom is -0.461 e. The normalized spacial score (nSPS) is 11.0. The van der Waals surface area contributed by atoms with Crippen LogP contribution in [0.4, 0.5) is 0 Å². The number of fused-ring (bicyclic) bond motifs is 1. The quantitative estimate of drug-likeness (QED) is 0.655. The summed E-state index contributed by atoms with van der Waals surface area (Å²) in [6.45, 7) is 1.95. The lowest BCUT2D eigenvalue weighted by Crippen LogP contribution is -1.80. The van der Waals surface area contributed by atoms with Crippen molar-refractivity contribution < 1.29 is 4.42 Å². The van der Waals surface area contributed by atoms with E-state index >= 15 is 0 Å². The number of nitrogens with zero attached hydrogens (tertiary/aromatic N) is 2. The first kappa shape index (κ1) is 8.23. The number of imidazole rings is 1. The zero-order chi connectivity index (χ0) is 10.3. The van der Waals surface area contributed by atoms with Gasteiger partial charge in [-0.15, -0.1) is 0 Å². The third-order valence-corrected chi connectivity index (χ3v) is 2.24. The smallest absolute Gasteiger partial charge is 0.178 e. The molecule has 3 aromatic rings. The van der Waals surface area contributed by atoms with Crippen LogP contribution in [0.15, 0.2) is 34.9 Å². The lowest BCUT2D eigenvalue weighted by Gasteiger charge is -1.88. The van der Waals surface area contributed by atoms with Gasteiger partial charge >= 0.3 is 0 Å². The fourth-order valence-corrected chi connectivity index (χ4v) is 1.52. The molecule has 0 unspecified atom stereocenters. The highest BCUT2D eigenvalue weighted by molar-refractivity contribution is 5.74. The van der Waals surface area contributed by atoms with E-state index in [1.54, 1.807) is 6.26 Å². The largest absolute Gasteiger partial charge is 0.461 e. The van der Waals surface area contributed by atoms with E-state index < -0.39 is 0 Å². The molecule has 0 aliphatic heterocycles. The van der Waals surface area contributed by atoms with E-state index in [2.05, 4.69) is 15.0 Å². The molecular formula is C11H9N3O. The van der Waals surface area contributed by atoms with Crippen molar-refractivity contribution in [2.24, 2.45) is 0 Å². The minimum atomic E-state index is 0.716. The third-order valence-electron chi connectivity index (χ3n) is 2.24. The van der Waals surface area contributed by atoms with Crippen molar-refractivity contribution in [2.45, 2.75) is 6.92 Å². The lowest BCUT2D eigenvalue weighted by atomic mass is 10.3. The Hall–Kier alpha value is -2.10. The van der Waals surface area contributed by atoms with Crippen LogP contribution in [0.25, 0.3) is 22.7 Å². The summed E-state index contributed by atoms with van der Waals surface area (Å²) in [4.78, 5) is 11.8. The van der Waals surface area contributed by atoms with Crippen LogP contribution in [-0.4, -0.2) is 15.0 Å². The number of aromatic amines is 1. The van der Waals surface area contributed by atoms with Gasteiger partial charge in [-0.05, 0) is 31.2 Å². The van der Waals surface area contributed by atoms with Crippen LogP contribution in [0.3, 0.4) is 0 Å². The fourth-order valence-electron chi connectivity index (χ4n) is 1.52. The maximum Gasteiger partial charge on any atom is 0.178 e. The molecule has 0 bridgehead atoms. The van der Waals surface area contributed by atoms with E-state index in [9.17, 15) is 0 Å². The molecule has 0 aliphatic carbocycles. The summed E-state index contributed by atoms with van der Waals surface area (Å²) in [6.07, 6.45) is 1.63. The highest BCUT2D eigenvalue weighted by Gasteiger charge is 2.07. The van der Waals surface area contributed by atoms with Crippen molar-refractivity contribution >= 4 is 11.2 Å². The number of aryl methyl sites for hydroxylation is 1. The van der Waals surface area contributed by atoms with Gasteiger partial charge in [-0.1, -0.05) is 0 Å². The number of rotatable bonds is 1. The Morgan fingerprint density at radius 2 is 2.13 bits per heavy atom. The predicted molar refractivity (Wildman–Crippen MR) is 56.3 cm³/mol. The van der Waals surface area contributed by atoms with E-state index in [4.69, 9.17) is 4.42 Å². The number of H-pyrrole nitrogens is 1. The Balaban J connectivity index is 2.22. The molecule has 0 atom stereocenters. The molecule has 3 aromatic heterocycles. The van der Waals surface area contributed by atoms with Crippen molar-refractivity contribution in [3.05, 3.63) is 36.2 Å². The van der Waals surface area contributed by atoms with Crippen LogP contribution >= 0.6 is 0 Å². The lowest BCUT2D eigenvalue weighted by molar-refractivity contribution is 0.578. The van der Waals surface area contributed by atoms with Gasteiger partial charge in [0.2, 0.25) is 0 Å². The standard InChI is InChI=1S/C11H9N3O/c1-7-4-5-8-10(12-7)14-11(13-8)9-3-2-6-15-9/h2-6H,1H3,(H,12,13,14). The van der Waals surface area contributed by atoms with Crippen molar-refractivity contribution in [3.8, 4) is 11.6 Å². The summed E-state index contributed by atoms with van der Waals surface area (Å²) in [5.41, 5.74) is 2.60. The first-order valence-electron chi connectivity index (χ1n) is 4.70. The Morgan fingerprint density at radius 3 is 2.93 bits per heavy atom. The average molecular weight is 199 g/mol. The second-order valence-electron chi connectivity index (χ2n) is 3.39. The molecule has 1 N–H and O–H groups in total. The van der Waals surface area contributed by atoms with Crippen molar-refractivity contribution in [1.29, 1.82) is 0 Å². The molecule has 0 amide bonds. The summed E-state index contributed by atoms with van der Waals surface area (Å²) in [6, 6.07) is 7.62. The molecule has 0 fully saturated rings. The topological polar surface area (TPSA) is 54.7 Å². The van der Waals surface area contributed by atoms with Gasteiger partial charge in [0.25, 0.3) is 0 Å². The SMILES string of the molecule is Cc1ccc2[nH]c(-c3ccco3)nc2n1. The van der Waals surface area contributed by atoms with Crippen LogP contribution < -0.4 is 0 Å². The second kappa shape index (κ2) is 2.95. The fraction of sp³-hybridized carbons (Fsp3) is 0.0909. The molecule has 0 saturated heterocycles. The highest BCUT2D eigenvalue weighted by Crippen LogP contribution is 2.19. The molecule has 4 heteroatoms. The van der Waals surface area contributed by atoms with E-state index in [0.717, 1.165) is 22.6 Å². The Labute approximate surface area is 86.0 Å². The number of furan rings is 1. The summed E-state index contributed by atoms with van der Waals surface area (Å²) >= 11 is 0. The average Bonchev–Trinajstić information content (AvgIpc) is 2.84. The van der Waals surface area contributed by atoms with Crippen LogP contribution in [0, 0.1) is 6.92 Å². The minimum absolute atomic E-state index is 0.716. The molecule has 0 aliphatic rings. The molecule has 0 radical (unpaired) electrons.